The van der Waals surface area contributed by atoms with Crippen molar-refractivity contribution in [1.29, 1.82) is 0 Å². The lowest BCUT2D eigenvalue weighted by Crippen LogP contribution is -2.46. The lowest BCUT2D eigenvalue weighted by molar-refractivity contribution is -0.125. The number of hydrogen-bond donors (Lipinski definition) is 0. The van der Waals surface area contributed by atoms with Crippen LogP contribution >= 0.6 is 0 Å². The van der Waals surface area contributed by atoms with E-state index in [1.54, 1.807) is 0 Å². The minimum Gasteiger partial charge on any atom is -0.413 e. The van der Waals surface area contributed by atoms with Crippen LogP contribution in [0.3, 0.4) is 0 Å². The fraction of sp³-hybridized carbons (Fsp3) is 0.882. The fourth-order valence-electron chi connectivity index (χ4n) is 4.68. The number of rotatable bonds is 2. The maximum Gasteiger partial charge on any atom is 0.192 e. The summed E-state index contributed by atoms with van der Waals surface area (Å²) in [4.78, 5) is 24.4. The summed E-state index contributed by atoms with van der Waals surface area (Å²) in [6.45, 7) is 11.2. The van der Waals surface area contributed by atoms with E-state index in [1.165, 1.54) is 0 Å². The van der Waals surface area contributed by atoms with Crippen molar-refractivity contribution < 1.29 is 14.0 Å². The second-order valence-electron chi connectivity index (χ2n) is 8.95. The molecule has 3 aliphatic carbocycles. The highest BCUT2D eigenvalue weighted by Gasteiger charge is 2.65. The third-order valence-electron chi connectivity index (χ3n) is 6.75. The van der Waals surface area contributed by atoms with Gasteiger partial charge in [0.15, 0.2) is 8.32 Å². The van der Waals surface area contributed by atoms with E-state index >= 15 is 0 Å². The first-order valence-corrected chi connectivity index (χ1v) is 11.2. The summed E-state index contributed by atoms with van der Waals surface area (Å²) in [5.41, 5.74) is -0.0266. The average Bonchev–Trinajstić information content (AvgIpc) is 2.86. The Balaban J connectivity index is 1.84. The number of hydrogen-bond acceptors (Lipinski definition) is 3. The molecule has 0 bridgehead atoms. The van der Waals surface area contributed by atoms with Crippen LogP contribution in [-0.4, -0.2) is 26.0 Å². The van der Waals surface area contributed by atoms with Gasteiger partial charge in [0.2, 0.25) is 0 Å². The van der Waals surface area contributed by atoms with E-state index in [4.69, 9.17) is 4.43 Å². The van der Waals surface area contributed by atoms with Gasteiger partial charge in [-0.1, -0.05) is 20.8 Å². The molecule has 0 aromatic rings. The standard InChI is InChI=1S/C17H28O3Si/c1-16(2,3)21(4,5)20-14-6-7-17-10-12(18)8-11(17)9-13(19)15(14)17/h11,14-15H,6-10H2,1-5H3/t11-,14+,15+,17+/m0/s1. The molecule has 0 heterocycles. The first kappa shape index (κ1) is 15.4. The molecule has 0 N–H and O–H groups in total. The van der Waals surface area contributed by atoms with E-state index < -0.39 is 8.32 Å². The Kier molecular flexibility index (Phi) is 3.31. The lowest BCUT2D eigenvalue weighted by Gasteiger charge is -2.40. The van der Waals surface area contributed by atoms with E-state index in [-0.39, 0.29) is 22.5 Å². The molecule has 4 heteroatoms. The molecular formula is C17H28O3Si. The van der Waals surface area contributed by atoms with Crippen molar-refractivity contribution in [3.63, 3.8) is 0 Å². The molecule has 0 radical (unpaired) electrons. The molecule has 3 fully saturated rings. The Morgan fingerprint density at radius 2 is 1.86 bits per heavy atom. The first-order valence-electron chi connectivity index (χ1n) is 8.29. The Morgan fingerprint density at radius 3 is 2.48 bits per heavy atom. The van der Waals surface area contributed by atoms with Gasteiger partial charge in [0.25, 0.3) is 0 Å². The lowest BCUT2D eigenvalue weighted by atomic mass is 9.75. The summed E-state index contributed by atoms with van der Waals surface area (Å²) < 4.78 is 6.59. The first-order chi connectivity index (χ1) is 9.57. The molecule has 3 nitrogen and oxygen atoms in total. The van der Waals surface area contributed by atoms with E-state index in [1.807, 2.05) is 0 Å². The van der Waals surface area contributed by atoms with Crippen LogP contribution < -0.4 is 0 Å². The van der Waals surface area contributed by atoms with Crippen LogP contribution in [0.5, 0.6) is 0 Å². The number of carbonyl (C=O) groups excluding carboxylic acids is 2. The molecule has 0 aromatic heterocycles. The van der Waals surface area contributed by atoms with Crippen LogP contribution in [-0.2, 0) is 14.0 Å². The van der Waals surface area contributed by atoms with Gasteiger partial charge in [0.1, 0.15) is 11.6 Å². The highest BCUT2D eigenvalue weighted by Crippen LogP contribution is 2.63. The molecule has 118 valence electrons. The van der Waals surface area contributed by atoms with Gasteiger partial charge in [-0.25, -0.2) is 0 Å². The zero-order chi connectivity index (χ0) is 15.6. The number of Topliss-reactive ketones (excluding diaryl/α,β-unsaturated/α-hetero) is 2. The van der Waals surface area contributed by atoms with Gasteiger partial charge in [-0.2, -0.15) is 0 Å². The molecule has 0 saturated heterocycles. The van der Waals surface area contributed by atoms with Gasteiger partial charge in [-0.15, -0.1) is 0 Å². The molecule has 21 heavy (non-hydrogen) atoms. The predicted octanol–water partition coefficient (Wildman–Crippen LogP) is 3.73. The Hall–Kier alpha value is -0.483. The number of carbonyl (C=O) groups is 2. The summed E-state index contributed by atoms with van der Waals surface area (Å²) >= 11 is 0. The fourth-order valence-corrected chi connectivity index (χ4v) is 6.04. The molecule has 0 aliphatic heterocycles. The van der Waals surface area contributed by atoms with Crippen LogP contribution in [0.25, 0.3) is 0 Å². The minimum absolute atomic E-state index is 0.00285. The Bertz CT molecular complexity index is 491. The van der Waals surface area contributed by atoms with Crippen molar-refractivity contribution in [3.8, 4) is 0 Å². The Labute approximate surface area is 129 Å². The molecule has 3 rings (SSSR count). The summed E-state index contributed by atoms with van der Waals surface area (Å²) in [5, 5.41) is 0.162. The van der Waals surface area contributed by atoms with Crippen molar-refractivity contribution in [2.24, 2.45) is 17.3 Å². The van der Waals surface area contributed by atoms with Gasteiger partial charge >= 0.3 is 0 Å². The molecule has 3 saturated carbocycles. The summed E-state index contributed by atoms with van der Waals surface area (Å²) in [5.74, 6) is 1.05. The molecule has 0 aromatic carbocycles. The third kappa shape index (κ3) is 2.17. The largest absolute Gasteiger partial charge is 0.413 e. The monoisotopic (exact) mass is 308 g/mol. The number of ketones is 2. The van der Waals surface area contributed by atoms with Gasteiger partial charge in [0, 0.05) is 25.2 Å². The zero-order valence-corrected chi connectivity index (χ0v) is 15.0. The molecular weight excluding hydrogens is 280 g/mol. The minimum atomic E-state index is -1.86. The maximum atomic E-state index is 12.5. The average molecular weight is 308 g/mol. The van der Waals surface area contributed by atoms with Gasteiger partial charge in [-0.05, 0) is 42.3 Å². The van der Waals surface area contributed by atoms with Crippen molar-refractivity contribution >= 4 is 19.9 Å². The van der Waals surface area contributed by atoms with Gasteiger partial charge in [-0.3, -0.25) is 9.59 Å². The topological polar surface area (TPSA) is 43.4 Å². The van der Waals surface area contributed by atoms with Gasteiger partial charge < -0.3 is 4.43 Å². The molecule has 4 atom stereocenters. The summed E-state index contributed by atoms with van der Waals surface area (Å²) in [6, 6.07) is 0. The van der Waals surface area contributed by atoms with Crippen LogP contribution in [0.4, 0.5) is 0 Å². The quantitative estimate of drug-likeness (QED) is 0.730. The molecule has 0 unspecified atom stereocenters. The van der Waals surface area contributed by atoms with Crippen LogP contribution in [0.1, 0.15) is 52.9 Å². The van der Waals surface area contributed by atoms with Crippen molar-refractivity contribution in [2.45, 2.75) is 77.1 Å². The highest BCUT2D eigenvalue weighted by atomic mass is 28.4. The normalized spacial score (nSPS) is 39.8. The van der Waals surface area contributed by atoms with Crippen molar-refractivity contribution in [1.82, 2.24) is 0 Å². The summed E-state index contributed by atoms with van der Waals surface area (Å²) in [7, 11) is -1.86. The van der Waals surface area contributed by atoms with Crippen LogP contribution in [0.2, 0.25) is 18.1 Å². The maximum absolute atomic E-state index is 12.5. The predicted molar refractivity (Wildman–Crippen MR) is 84.6 cm³/mol. The molecule has 3 aliphatic rings. The Morgan fingerprint density at radius 1 is 1.19 bits per heavy atom. The van der Waals surface area contributed by atoms with E-state index in [0.29, 0.717) is 36.7 Å². The SMILES string of the molecule is CC(C)(C)[Si](C)(C)O[C@@H]1CC[C@@]23CC(=O)C[C@H]2CC(=O)[C@H]13. The van der Waals surface area contributed by atoms with Crippen LogP contribution in [0.15, 0.2) is 0 Å². The van der Waals surface area contributed by atoms with Crippen LogP contribution in [0, 0.1) is 17.3 Å². The van der Waals surface area contributed by atoms with E-state index in [0.717, 1.165) is 12.8 Å². The zero-order valence-electron chi connectivity index (χ0n) is 14.0. The smallest absolute Gasteiger partial charge is 0.192 e. The molecule has 1 spiro atoms. The van der Waals surface area contributed by atoms with E-state index in [2.05, 4.69) is 33.9 Å². The van der Waals surface area contributed by atoms with Gasteiger partial charge in [0.05, 0.1) is 6.10 Å². The van der Waals surface area contributed by atoms with Crippen molar-refractivity contribution in [3.05, 3.63) is 0 Å². The van der Waals surface area contributed by atoms with Crippen molar-refractivity contribution in [2.75, 3.05) is 0 Å². The van der Waals surface area contributed by atoms with E-state index in [9.17, 15) is 9.59 Å². The third-order valence-corrected chi connectivity index (χ3v) is 11.2. The highest BCUT2D eigenvalue weighted by molar-refractivity contribution is 6.74. The second kappa shape index (κ2) is 4.51. The summed E-state index contributed by atoms with van der Waals surface area (Å²) in [6.07, 6.45) is 3.93. The second-order valence-corrected chi connectivity index (χ2v) is 13.7. The molecule has 0 amide bonds.